The van der Waals surface area contributed by atoms with Crippen molar-refractivity contribution in [3.8, 4) is 5.82 Å². The number of likely N-dealkylation sites (tertiary alicyclic amines) is 1. The third kappa shape index (κ3) is 5.06. The molecule has 29 heavy (non-hydrogen) atoms. The van der Waals surface area contributed by atoms with E-state index < -0.39 is 0 Å². The van der Waals surface area contributed by atoms with Gasteiger partial charge in [-0.05, 0) is 55.1 Å². The van der Waals surface area contributed by atoms with Crippen LogP contribution in [0.25, 0.3) is 5.82 Å². The maximum Gasteiger partial charge on any atom is 0.251 e. The fourth-order valence-corrected chi connectivity index (χ4v) is 3.54. The van der Waals surface area contributed by atoms with Crippen LogP contribution in [0.5, 0.6) is 0 Å². The van der Waals surface area contributed by atoms with Gasteiger partial charge < -0.3 is 5.32 Å². The predicted molar refractivity (Wildman–Crippen MR) is 110 cm³/mol. The van der Waals surface area contributed by atoms with Gasteiger partial charge in [-0.1, -0.05) is 31.2 Å². The van der Waals surface area contributed by atoms with Crippen molar-refractivity contribution in [1.29, 1.82) is 0 Å². The summed E-state index contributed by atoms with van der Waals surface area (Å²) in [7, 11) is 0. The number of carbonyl (C=O) groups is 1. The summed E-state index contributed by atoms with van der Waals surface area (Å²) in [5.41, 5.74) is 2.95. The quantitative estimate of drug-likeness (QED) is 0.700. The van der Waals surface area contributed by atoms with E-state index in [1.54, 1.807) is 24.7 Å². The summed E-state index contributed by atoms with van der Waals surface area (Å²) in [4.78, 5) is 23.2. The number of hydrogen-bond acceptors (Lipinski definition) is 5. The van der Waals surface area contributed by atoms with Crippen molar-refractivity contribution in [2.45, 2.75) is 32.9 Å². The zero-order valence-electron chi connectivity index (χ0n) is 16.7. The molecule has 0 aliphatic carbocycles. The Labute approximate surface area is 170 Å². The molecule has 7 heteroatoms. The van der Waals surface area contributed by atoms with Crippen molar-refractivity contribution in [3.05, 3.63) is 71.9 Å². The molecule has 7 nitrogen and oxygen atoms in total. The van der Waals surface area contributed by atoms with Gasteiger partial charge in [-0.15, -0.1) is 0 Å². The smallest absolute Gasteiger partial charge is 0.251 e. The van der Waals surface area contributed by atoms with Crippen LogP contribution in [0, 0.1) is 5.92 Å². The molecule has 1 N–H and O–H groups in total. The second-order valence-electron chi connectivity index (χ2n) is 7.70. The third-order valence-corrected chi connectivity index (χ3v) is 5.42. The van der Waals surface area contributed by atoms with Gasteiger partial charge in [0.25, 0.3) is 5.91 Å². The molecule has 2 aromatic heterocycles. The molecule has 0 spiro atoms. The predicted octanol–water partition coefficient (Wildman–Crippen LogP) is 2.82. The minimum atomic E-state index is -0.139. The topological polar surface area (TPSA) is 75.9 Å². The Hall–Kier alpha value is -3.06. The number of amides is 1. The monoisotopic (exact) mass is 390 g/mol. The maximum absolute atomic E-state index is 12.5. The van der Waals surface area contributed by atoms with Gasteiger partial charge >= 0.3 is 0 Å². The number of carbonyl (C=O) groups excluding carboxylic acids is 1. The van der Waals surface area contributed by atoms with E-state index in [1.807, 2.05) is 0 Å². The Morgan fingerprint density at radius 1 is 1.14 bits per heavy atom. The number of nitrogens with zero attached hydrogens (tertiary/aromatic N) is 5. The number of nitrogens with one attached hydrogen (secondary N) is 1. The first-order valence-corrected chi connectivity index (χ1v) is 10.1. The van der Waals surface area contributed by atoms with Crippen LogP contribution in [0.4, 0.5) is 0 Å². The van der Waals surface area contributed by atoms with E-state index in [-0.39, 0.29) is 5.91 Å². The van der Waals surface area contributed by atoms with Crippen LogP contribution in [0.2, 0.25) is 0 Å². The molecule has 3 heterocycles. The Bertz CT molecular complexity index is 930. The van der Waals surface area contributed by atoms with E-state index in [0.717, 1.165) is 18.0 Å². The lowest BCUT2D eigenvalue weighted by Crippen LogP contribution is -2.32. The van der Waals surface area contributed by atoms with Crippen molar-refractivity contribution in [2.24, 2.45) is 5.92 Å². The summed E-state index contributed by atoms with van der Waals surface area (Å²) < 4.78 is 1.53. The second kappa shape index (κ2) is 8.96. The van der Waals surface area contributed by atoms with Crippen LogP contribution in [-0.2, 0) is 13.1 Å². The van der Waals surface area contributed by atoms with Crippen LogP contribution in [-0.4, -0.2) is 43.6 Å². The summed E-state index contributed by atoms with van der Waals surface area (Å²) in [5, 5.41) is 7.01. The molecule has 0 saturated carbocycles. The molecule has 0 unspecified atom stereocenters. The van der Waals surface area contributed by atoms with Crippen molar-refractivity contribution in [1.82, 2.24) is 30.0 Å². The molecule has 1 aliphatic rings. The van der Waals surface area contributed by atoms with E-state index in [2.05, 4.69) is 56.5 Å². The second-order valence-corrected chi connectivity index (χ2v) is 7.70. The molecule has 150 valence electrons. The zero-order valence-corrected chi connectivity index (χ0v) is 16.7. The zero-order chi connectivity index (χ0) is 20.1. The minimum absolute atomic E-state index is 0.139. The summed E-state index contributed by atoms with van der Waals surface area (Å²) in [6.45, 7) is 6.19. The summed E-state index contributed by atoms with van der Waals surface area (Å²) >= 11 is 0. The number of piperidine rings is 1. The molecule has 1 aliphatic heterocycles. The van der Waals surface area contributed by atoms with Crippen LogP contribution in [0.3, 0.4) is 0 Å². The lowest BCUT2D eigenvalue weighted by molar-refractivity contribution is 0.0950. The van der Waals surface area contributed by atoms with E-state index in [1.165, 1.54) is 42.5 Å². The maximum atomic E-state index is 12.5. The van der Waals surface area contributed by atoms with Gasteiger partial charge in [0, 0.05) is 24.8 Å². The first-order valence-electron chi connectivity index (χ1n) is 10.1. The highest BCUT2D eigenvalue weighted by atomic mass is 16.1. The highest BCUT2D eigenvalue weighted by Crippen LogP contribution is 2.18. The lowest BCUT2D eigenvalue weighted by atomic mass is 9.99. The Morgan fingerprint density at radius 2 is 1.90 bits per heavy atom. The lowest BCUT2D eigenvalue weighted by Gasteiger charge is -2.30. The fourth-order valence-electron chi connectivity index (χ4n) is 3.54. The van der Waals surface area contributed by atoms with Crippen LogP contribution in [0.15, 0.2) is 55.2 Å². The number of rotatable bonds is 6. The molecule has 1 fully saturated rings. The van der Waals surface area contributed by atoms with Crippen LogP contribution >= 0.6 is 0 Å². The Balaban J connectivity index is 1.31. The van der Waals surface area contributed by atoms with Gasteiger partial charge in [-0.3, -0.25) is 9.69 Å². The van der Waals surface area contributed by atoms with Gasteiger partial charge in [-0.2, -0.15) is 5.10 Å². The molecule has 1 amide bonds. The molecular formula is C22H26N6O. The number of hydrogen-bond donors (Lipinski definition) is 1. The summed E-state index contributed by atoms with van der Waals surface area (Å²) in [5.74, 6) is 1.27. The first kappa shape index (κ1) is 19.3. The highest BCUT2D eigenvalue weighted by molar-refractivity contribution is 5.94. The average molecular weight is 390 g/mol. The average Bonchev–Trinajstić information content (AvgIpc) is 3.30. The van der Waals surface area contributed by atoms with Gasteiger partial charge in [0.05, 0.1) is 0 Å². The first-order chi connectivity index (χ1) is 14.2. The van der Waals surface area contributed by atoms with Gasteiger partial charge in [0.2, 0.25) is 0 Å². The summed E-state index contributed by atoms with van der Waals surface area (Å²) in [6.07, 6.45) is 7.16. The van der Waals surface area contributed by atoms with Crippen molar-refractivity contribution in [3.63, 3.8) is 0 Å². The Kier molecular flexibility index (Phi) is 5.95. The van der Waals surface area contributed by atoms with Crippen LogP contribution in [0.1, 0.15) is 41.3 Å². The standard InChI is InChI=1S/C22H26N6O/c1-17-7-10-27(11-8-17)14-19-4-2-18(3-5-19)13-25-22(29)20-6-9-24-21(12-20)28-16-23-15-26-28/h2-6,9,12,15-17H,7-8,10-11,13-14H2,1H3,(H,25,29). The highest BCUT2D eigenvalue weighted by Gasteiger charge is 2.15. The van der Waals surface area contributed by atoms with E-state index in [4.69, 9.17) is 0 Å². The van der Waals surface area contributed by atoms with Crippen molar-refractivity contribution < 1.29 is 4.79 Å². The molecule has 4 rings (SSSR count). The molecule has 1 aromatic carbocycles. The molecule has 1 saturated heterocycles. The summed E-state index contributed by atoms with van der Waals surface area (Å²) in [6, 6.07) is 11.9. The van der Waals surface area contributed by atoms with Crippen LogP contribution < -0.4 is 5.32 Å². The van der Waals surface area contributed by atoms with Crippen molar-refractivity contribution >= 4 is 5.91 Å². The molecule has 0 atom stereocenters. The number of pyridine rings is 1. The third-order valence-electron chi connectivity index (χ3n) is 5.42. The largest absolute Gasteiger partial charge is 0.348 e. The van der Waals surface area contributed by atoms with Crippen molar-refractivity contribution in [2.75, 3.05) is 13.1 Å². The molecule has 0 radical (unpaired) electrons. The van der Waals surface area contributed by atoms with E-state index in [9.17, 15) is 4.79 Å². The van der Waals surface area contributed by atoms with E-state index >= 15 is 0 Å². The molecule has 3 aromatic rings. The Morgan fingerprint density at radius 3 is 2.62 bits per heavy atom. The fraction of sp³-hybridized carbons (Fsp3) is 0.364. The van der Waals surface area contributed by atoms with Gasteiger partial charge in [0.15, 0.2) is 5.82 Å². The SMILES string of the molecule is CC1CCN(Cc2ccc(CNC(=O)c3ccnc(-n4cncn4)c3)cc2)CC1. The van der Waals surface area contributed by atoms with Gasteiger partial charge in [-0.25, -0.2) is 14.6 Å². The minimum Gasteiger partial charge on any atom is -0.348 e. The normalized spacial score (nSPS) is 15.3. The van der Waals surface area contributed by atoms with Gasteiger partial charge in [0.1, 0.15) is 12.7 Å². The van der Waals surface area contributed by atoms with E-state index in [0.29, 0.717) is 17.9 Å². The molecular weight excluding hydrogens is 364 g/mol. The number of benzene rings is 1. The molecule has 0 bridgehead atoms. The number of aromatic nitrogens is 4.